The van der Waals surface area contributed by atoms with Crippen LogP contribution >= 0.6 is 15.9 Å². The molecule has 0 bridgehead atoms. The smallest absolute Gasteiger partial charge is 0.256 e. The molecular weight excluding hydrogens is 423 g/mol. The Labute approximate surface area is 152 Å². The van der Waals surface area contributed by atoms with Crippen LogP contribution in [0.25, 0.3) is 0 Å². The molecular formula is C11H14BrFN8O5. The Kier molecular flexibility index (Phi) is 6.51. The third-order valence-corrected chi connectivity index (χ3v) is 3.37. The fourth-order valence-corrected chi connectivity index (χ4v) is 2.07. The van der Waals surface area contributed by atoms with Crippen LogP contribution in [0.5, 0.6) is 0 Å². The van der Waals surface area contributed by atoms with Gasteiger partial charge in [-0.05, 0) is 44.4 Å². The third kappa shape index (κ3) is 5.38. The minimum absolute atomic E-state index is 0.127. The summed E-state index contributed by atoms with van der Waals surface area (Å²) in [5.74, 6) is 1.30. The maximum Gasteiger partial charge on any atom is 0.256 e. The first-order valence-electron chi connectivity index (χ1n) is 6.69. The summed E-state index contributed by atoms with van der Waals surface area (Å²) < 4.78 is 17.9. The molecule has 9 N–H and O–H groups in total. The van der Waals surface area contributed by atoms with Gasteiger partial charge in [0.05, 0.1) is 16.7 Å². The highest BCUT2D eigenvalue weighted by Crippen LogP contribution is 2.23. The number of hydrogen-bond donors (Lipinski definition) is 8. The fraction of sp³-hybridized carbons (Fsp3) is 0.182. The van der Waals surface area contributed by atoms with E-state index in [1.165, 1.54) is 12.1 Å². The Bertz CT molecular complexity index is 786. The predicted molar refractivity (Wildman–Crippen MR) is 86.1 cm³/mol. The van der Waals surface area contributed by atoms with Gasteiger partial charge in [-0.3, -0.25) is 15.9 Å². The van der Waals surface area contributed by atoms with Gasteiger partial charge in [-0.15, -0.1) is 0 Å². The molecule has 15 heteroatoms. The average molecular weight is 437 g/mol. The number of nitrogens with zero attached hydrogens (tertiary/aromatic N) is 4. The molecule has 0 radical (unpaired) electrons. The normalized spacial score (nSPS) is 12.5. The summed E-state index contributed by atoms with van der Waals surface area (Å²) in [5.41, 5.74) is 3.61. The summed E-state index contributed by atoms with van der Waals surface area (Å²) in [6.45, 7) is -0.636. The number of halogens is 2. The standard InChI is InChI=1S/C11H14BrFN8O5/c12-6-3-5(1-2-7(6)13)16-10(17-24)8-9(19-26-18-8)15-4-11(22,23)20-21(14)25/h1-3,20,22-25H,4,14H2,(H,15,19)(H,16,17). The van der Waals surface area contributed by atoms with E-state index in [0.717, 1.165) is 6.07 Å². The Hall–Kier alpha value is -2.24. The molecule has 0 aliphatic heterocycles. The van der Waals surface area contributed by atoms with Gasteiger partial charge in [0.25, 0.3) is 5.91 Å². The predicted octanol–water partition coefficient (Wildman–Crippen LogP) is -0.852. The van der Waals surface area contributed by atoms with Crippen molar-refractivity contribution < 1.29 is 29.6 Å². The number of amidine groups is 1. The lowest BCUT2D eigenvalue weighted by molar-refractivity contribution is -0.275. The zero-order chi connectivity index (χ0) is 19.3. The molecule has 0 amide bonds. The number of rotatable bonds is 7. The van der Waals surface area contributed by atoms with Crippen LogP contribution in [-0.4, -0.2) is 54.5 Å². The Morgan fingerprint density at radius 2 is 2.15 bits per heavy atom. The molecule has 1 aromatic carbocycles. The molecule has 142 valence electrons. The van der Waals surface area contributed by atoms with Gasteiger partial charge in [0.15, 0.2) is 11.5 Å². The molecule has 1 heterocycles. The molecule has 0 atom stereocenters. The van der Waals surface area contributed by atoms with E-state index in [2.05, 4.69) is 41.2 Å². The van der Waals surface area contributed by atoms with Gasteiger partial charge in [0, 0.05) is 0 Å². The number of aliphatic imine (C=N–C) groups is 1. The first kappa shape index (κ1) is 20.1. The first-order valence-corrected chi connectivity index (χ1v) is 7.48. The lowest BCUT2D eigenvalue weighted by atomic mass is 10.3. The van der Waals surface area contributed by atoms with Crippen molar-refractivity contribution >= 4 is 33.3 Å². The van der Waals surface area contributed by atoms with Crippen molar-refractivity contribution in [1.82, 2.24) is 26.5 Å². The number of anilines is 1. The Balaban J connectivity index is 2.21. The van der Waals surface area contributed by atoms with Gasteiger partial charge in [-0.1, -0.05) is 5.28 Å². The van der Waals surface area contributed by atoms with Crippen molar-refractivity contribution in [3.8, 4) is 0 Å². The summed E-state index contributed by atoms with van der Waals surface area (Å²) in [6, 6.07) is 3.84. The van der Waals surface area contributed by atoms with Gasteiger partial charge < -0.3 is 15.5 Å². The summed E-state index contributed by atoms with van der Waals surface area (Å²) >= 11 is 3.00. The zero-order valence-electron chi connectivity index (χ0n) is 12.8. The van der Waals surface area contributed by atoms with Gasteiger partial charge in [0.1, 0.15) is 5.82 Å². The second-order valence-electron chi connectivity index (χ2n) is 4.76. The number of nitrogens with one attached hydrogen (secondary N) is 3. The largest absolute Gasteiger partial charge is 0.358 e. The molecule has 0 unspecified atom stereocenters. The highest BCUT2D eigenvalue weighted by atomic mass is 79.9. The second kappa shape index (κ2) is 8.43. The number of hydrogen-bond acceptors (Lipinski definition) is 12. The van der Waals surface area contributed by atoms with Crippen molar-refractivity contribution in [2.45, 2.75) is 5.91 Å². The van der Waals surface area contributed by atoms with E-state index in [-0.39, 0.29) is 32.8 Å². The van der Waals surface area contributed by atoms with Gasteiger partial charge in [0.2, 0.25) is 5.82 Å². The summed E-state index contributed by atoms with van der Waals surface area (Å²) in [4.78, 5) is 4.02. The van der Waals surface area contributed by atoms with E-state index in [0.29, 0.717) is 0 Å². The molecule has 2 rings (SSSR count). The lowest BCUT2D eigenvalue weighted by Gasteiger charge is -2.24. The lowest BCUT2D eigenvalue weighted by Crippen LogP contribution is -2.59. The molecule has 0 aliphatic carbocycles. The molecule has 1 aromatic heterocycles. The number of aromatic nitrogens is 2. The van der Waals surface area contributed by atoms with E-state index in [4.69, 9.17) is 11.0 Å². The maximum absolute atomic E-state index is 13.3. The summed E-state index contributed by atoms with van der Waals surface area (Å²) in [6.07, 6.45) is 0. The molecule has 0 fully saturated rings. The van der Waals surface area contributed by atoms with Crippen LogP contribution in [-0.2, 0) is 0 Å². The quantitative estimate of drug-likeness (QED) is 0.0879. The van der Waals surface area contributed by atoms with Crippen LogP contribution in [0.4, 0.5) is 15.9 Å². The third-order valence-electron chi connectivity index (χ3n) is 2.76. The minimum atomic E-state index is -2.66. The number of hydroxylamine groups is 1. The van der Waals surface area contributed by atoms with Crippen molar-refractivity contribution in [3.63, 3.8) is 0 Å². The molecule has 0 spiro atoms. The molecule has 26 heavy (non-hydrogen) atoms. The molecule has 0 saturated heterocycles. The number of nitrogens with two attached hydrogens (primary N) is 1. The fourth-order valence-electron chi connectivity index (χ4n) is 1.70. The summed E-state index contributed by atoms with van der Waals surface area (Å²) in [5, 5.41) is 46.4. The number of aliphatic hydroxyl groups is 2. The highest BCUT2D eigenvalue weighted by molar-refractivity contribution is 9.10. The number of hydrazine groups is 2. The molecule has 0 aliphatic rings. The summed E-state index contributed by atoms with van der Waals surface area (Å²) in [7, 11) is 0. The van der Waals surface area contributed by atoms with Crippen LogP contribution in [0, 0.1) is 5.82 Å². The van der Waals surface area contributed by atoms with Crippen LogP contribution < -0.4 is 22.1 Å². The van der Waals surface area contributed by atoms with Gasteiger partial charge in [-0.25, -0.2) is 19.9 Å². The molecule has 2 aromatic rings. The average Bonchev–Trinajstić information content (AvgIpc) is 3.01. The van der Waals surface area contributed by atoms with Crippen molar-refractivity contribution in [2.24, 2.45) is 10.8 Å². The Morgan fingerprint density at radius 1 is 1.42 bits per heavy atom. The van der Waals surface area contributed by atoms with Gasteiger partial charge >= 0.3 is 0 Å². The molecule has 0 saturated carbocycles. The SMILES string of the molecule is NN(O)NC(O)(O)CNc1nonc1C(=Nc1ccc(F)c(Br)c1)NO. The maximum atomic E-state index is 13.3. The second-order valence-corrected chi connectivity index (χ2v) is 5.61. The van der Waals surface area contributed by atoms with Crippen molar-refractivity contribution in [1.29, 1.82) is 0 Å². The van der Waals surface area contributed by atoms with E-state index >= 15 is 0 Å². The Morgan fingerprint density at radius 3 is 2.77 bits per heavy atom. The highest BCUT2D eigenvalue weighted by Gasteiger charge is 2.26. The van der Waals surface area contributed by atoms with Crippen LogP contribution in [0.3, 0.4) is 0 Å². The number of benzene rings is 1. The van der Waals surface area contributed by atoms with Crippen LogP contribution in [0.15, 0.2) is 32.3 Å². The van der Waals surface area contributed by atoms with Crippen LogP contribution in [0.2, 0.25) is 0 Å². The van der Waals surface area contributed by atoms with Crippen molar-refractivity contribution in [3.05, 3.63) is 34.2 Å². The zero-order valence-corrected chi connectivity index (χ0v) is 14.3. The van der Waals surface area contributed by atoms with E-state index < -0.39 is 18.3 Å². The van der Waals surface area contributed by atoms with Gasteiger partial charge in [-0.2, -0.15) is 5.43 Å². The van der Waals surface area contributed by atoms with Crippen LogP contribution in [0.1, 0.15) is 5.69 Å². The van der Waals surface area contributed by atoms with Crippen molar-refractivity contribution in [2.75, 3.05) is 11.9 Å². The van der Waals surface area contributed by atoms with E-state index in [1.54, 1.807) is 10.9 Å². The monoisotopic (exact) mass is 436 g/mol. The first-order chi connectivity index (χ1) is 12.2. The van der Waals surface area contributed by atoms with E-state index in [9.17, 15) is 19.8 Å². The minimum Gasteiger partial charge on any atom is -0.358 e. The topological polar surface area (TPSA) is 198 Å². The van der Waals surface area contributed by atoms with E-state index in [1.807, 2.05) is 0 Å². The molecule has 13 nitrogen and oxygen atoms in total.